The number of amides is 1. The fourth-order valence-corrected chi connectivity index (χ4v) is 4.97. The van der Waals surface area contributed by atoms with Gasteiger partial charge in [-0.15, -0.1) is 0 Å². The lowest BCUT2D eigenvalue weighted by Crippen LogP contribution is -2.53. The molecule has 0 aromatic heterocycles. The molecule has 4 nitrogen and oxygen atoms in total. The predicted molar refractivity (Wildman–Crippen MR) is 115 cm³/mol. The maximum Gasteiger partial charge on any atom is 0.222 e. The Labute approximate surface area is 170 Å². The van der Waals surface area contributed by atoms with Crippen molar-refractivity contribution in [2.75, 3.05) is 31.1 Å². The Kier molecular flexibility index (Phi) is 5.62. The van der Waals surface area contributed by atoms with Crippen molar-refractivity contribution in [3.05, 3.63) is 29.8 Å². The highest BCUT2D eigenvalue weighted by molar-refractivity contribution is 5.82. The number of para-hydroxylation sites is 1. The zero-order valence-corrected chi connectivity index (χ0v) is 18.4. The molecule has 2 atom stereocenters. The zero-order valence-electron chi connectivity index (χ0n) is 18.4. The number of Topliss-reactive ketones (excluding diaryl/α,β-unsaturated/α-hetero) is 1. The van der Waals surface area contributed by atoms with Gasteiger partial charge in [0.15, 0.2) is 0 Å². The number of hydrogen-bond acceptors (Lipinski definition) is 3. The van der Waals surface area contributed by atoms with Crippen LogP contribution in [0.15, 0.2) is 24.3 Å². The zero-order chi connectivity index (χ0) is 20.7. The topological polar surface area (TPSA) is 40.6 Å². The monoisotopic (exact) mass is 384 g/mol. The van der Waals surface area contributed by atoms with E-state index in [1.807, 2.05) is 4.90 Å². The smallest absolute Gasteiger partial charge is 0.222 e. The lowest BCUT2D eigenvalue weighted by Gasteiger charge is -2.51. The summed E-state index contributed by atoms with van der Waals surface area (Å²) in [6, 6.07) is 8.64. The van der Waals surface area contributed by atoms with Crippen molar-refractivity contribution < 1.29 is 9.59 Å². The molecule has 1 heterocycles. The first-order valence-electron chi connectivity index (χ1n) is 10.6. The van der Waals surface area contributed by atoms with E-state index in [0.717, 1.165) is 32.6 Å². The van der Waals surface area contributed by atoms with Crippen LogP contribution in [-0.4, -0.2) is 42.8 Å². The predicted octanol–water partition coefficient (Wildman–Crippen LogP) is 4.27. The first-order chi connectivity index (χ1) is 13.0. The van der Waals surface area contributed by atoms with Crippen LogP contribution in [0.2, 0.25) is 0 Å². The molecule has 28 heavy (non-hydrogen) atoms. The van der Waals surface area contributed by atoms with Crippen LogP contribution in [-0.2, 0) is 15.0 Å². The Morgan fingerprint density at radius 2 is 1.68 bits per heavy atom. The number of anilines is 1. The lowest BCUT2D eigenvalue weighted by atomic mass is 9.52. The average Bonchev–Trinajstić information content (AvgIpc) is 2.63. The molecule has 0 radical (unpaired) electrons. The summed E-state index contributed by atoms with van der Waals surface area (Å²) in [5.74, 6) is 0.966. The number of hydrogen-bond donors (Lipinski definition) is 0. The molecule has 2 aliphatic rings. The molecule has 1 aliphatic heterocycles. The average molecular weight is 385 g/mol. The first-order valence-corrected chi connectivity index (χ1v) is 10.6. The summed E-state index contributed by atoms with van der Waals surface area (Å²) in [5, 5.41) is 0. The van der Waals surface area contributed by atoms with Crippen LogP contribution in [0.3, 0.4) is 0 Å². The molecular formula is C24H36N2O2. The van der Waals surface area contributed by atoms with Crippen molar-refractivity contribution in [2.45, 2.75) is 59.8 Å². The highest BCUT2D eigenvalue weighted by atomic mass is 16.2. The maximum absolute atomic E-state index is 12.9. The molecular weight excluding hydrogens is 348 g/mol. The molecule has 1 aromatic rings. The Morgan fingerprint density at radius 1 is 1.07 bits per heavy atom. The second kappa shape index (κ2) is 7.53. The highest BCUT2D eigenvalue weighted by Gasteiger charge is 2.50. The summed E-state index contributed by atoms with van der Waals surface area (Å²) in [4.78, 5) is 29.0. The van der Waals surface area contributed by atoms with Crippen LogP contribution in [0, 0.1) is 17.3 Å². The van der Waals surface area contributed by atoms with Gasteiger partial charge in [-0.3, -0.25) is 9.59 Å². The normalized spacial score (nSPS) is 24.6. The molecule has 0 spiro atoms. The van der Waals surface area contributed by atoms with E-state index in [1.54, 1.807) is 6.92 Å². The van der Waals surface area contributed by atoms with E-state index in [2.05, 4.69) is 63.8 Å². The van der Waals surface area contributed by atoms with Gasteiger partial charge >= 0.3 is 0 Å². The number of ketones is 1. The fourth-order valence-electron chi connectivity index (χ4n) is 4.97. The van der Waals surface area contributed by atoms with Gasteiger partial charge in [0.2, 0.25) is 5.91 Å². The summed E-state index contributed by atoms with van der Waals surface area (Å²) >= 11 is 0. The summed E-state index contributed by atoms with van der Waals surface area (Å²) in [7, 11) is 0. The van der Waals surface area contributed by atoms with Gasteiger partial charge in [-0.2, -0.15) is 0 Å². The Balaban J connectivity index is 1.58. The van der Waals surface area contributed by atoms with Crippen LogP contribution in [0.25, 0.3) is 0 Å². The summed E-state index contributed by atoms with van der Waals surface area (Å²) in [6.45, 7) is 16.0. The van der Waals surface area contributed by atoms with Crippen LogP contribution in [0.4, 0.5) is 5.69 Å². The standard InChI is InChI=1S/C24H36N2O2/c1-17(27)20-15-18(24(20,5)6)16-22(28)26-13-11-25(12-14-26)21-10-8-7-9-19(21)23(2,3)4/h7-10,18,20H,11-16H2,1-6H3. The third-order valence-electron chi connectivity index (χ3n) is 7.07. The maximum atomic E-state index is 12.9. The van der Waals surface area contributed by atoms with Crippen LogP contribution >= 0.6 is 0 Å². The van der Waals surface area contributed by atoms with Crippen LogP contribution in [0.1, 0.15) is 59.9 Å². The van der Waals surface area contributed by atoms with E-state index < -0.39 is 0 Å². The van der Waals surface area contributed by atoms with Crippen molar-refractivity contribution in [3.63, 3.8) is 0 Å². The van der Waals surface area contributed by atoms with Crippen molar-refractivity contribution in [2.24, 2.45) is 17.3 Å². The van der Waals surface area contributed by atoms with E-state index in [1.165, 1.54) is 11.3 Å². The number of carbonyl (C=O) groups excluding carboxylic acids is 2. The number of nitrogens with zero attached hydrogens (tertiary/aromatic N) is 2. The Bertz CT molecular complexity index is 739. The van der Waals surface area contributed by atoms with Gasteiger partial charge in [0.1, 0.15) is 5.78 Å². The minimum absolute atomic E-state index is 0.0467. The van der Waals surface area contributed by atoms with E-state index in [4.69, 9.17) is 0 Å². The molecule has 2 fully saturated rings. The van der Waals surface area contributed by atoms with E-state index >= 15 is 0 Å². The third kappa shape index (κ3) is 3.97. The van der Waals surface area contributed by atoms with E-state index in [0.29, 0.717) is 12.3 Å². The molecule has 3 rings (SSSR count). The molecule has 4 heteroatoms. The van der Waals surface area contributed by atoms with Crippen molar-refractivity contribution in [1.29, 1.82) is 0 Å². The van der Waals surface area contributed by atoms with Gasteiger partial charge in [-0.25, -0.2) is 0 Å². The number of rotatable bonds is 4. The summed E-state index contributed by atoms with van der Waals surface area (Å²) in [6.07, 6.45) is 1.45. The number of benzene rings is 1. The first kappa shape index (κ1) is 20.9. The quantitative estimate of drug-likeness (QED) is 0.778. The van der Waals surface area contributed by atoms with Crippen LogP contribution in [0.5, 0.6) is 0 Å². The lowest BCUT2D eigenvalue weighted by molar-refractivity contribution is -0.145. The molecule has 1 saturated carbocycles. The fraction of sp³-hybridized carbons (Fsp3) is 0.667. The summed E-state index contributed by atoms with van der Waals surface area (Å²) in [5.41, 5.74) is 2.72. The largest absolute Gasteiger partial charge is 0.368 e. The van der Waals surface area contributed by atoms with Gasteiger partial charge in [-0.1, -0.05) is 52.8 Å². The summed E-state index contributed by atoms with van der Waals surface area (Å²) < 4.78 is 0. The Morgan fingerprint density at radius 3 is 2.21 bits per heavy atom. The molecule has 1 aromatic carbocycles. The van der Waals surface area contributed by atoms with Crippen molar-refractivity contribution >= 4 is 17.4 Å². The van der Waals surface area contributed by atoms with E-state index in [9.17, 15) is 9.59 Å². The molecule has 1 aliphatic carbocycles. The van der Waals surface area contributed by atoms with Gasteiger partial charge in [-0.05, 0) is 41.7 Å². The van der Waals surface area contributed by atoms with Gasteiger partial charge in [0.25, 0.3) is 0 Å². The van der Waals surface area contributed by atoms with Crippen LogP contribution < -0.4 is 4.90 Å². The molecule has 0 bridgehead atoms. The van der Waals surface area contributed by atoms with Gasteiger partial charge < -0.3 is 9.80 Å². The molecule has 2 unspecified atom stereocenters. The van der Waals surface area contributed by atoms with Gasteiger partial charge in [0, 0.05) is 44.2 Å². The minimum atomic E-state index is -0.0467. The molecule has 1 saturated heterocycles. The highest BCUT2D eigenvalue weighted by Crippen LogP contribution is 2.53. The second-order valence-electron chi connectivity index (χ2n) is 10.3. The molecule has 154 valence electrons. The van der Waals surface area contributed by atoms with Gasteiger partial charge in [0.05, 0.1) is 0 Å². The Hall–Kier alpha value is -1.84. The van der Waals surface area contributed by atoms with Crippen molar-refractivity contribution in [1.82, 2.24) is 4.90 Å². The SMILES string of the molecule is CC(=O)C1CC(CC(=O)N2CCN(c3ccccc3C(C)(C)C)CC2)C1(C)C. The minimum Gasteiger partial charge on any atom is -0.368 e. The number of carbonyl (C=O) groups is 2. The third-order valence-corrected chi connectivity index (χ3v) is 7.07. The second-order valence-corrected chi connectivity index (χ2v) is 10.3. The number of piperazine rings is 1. The molecule has 1 amide bonds. The molecule has 0 N–H and O–H groups in total. The van der Waals surface area contributed by atoms with Crippen molar-refractivity contribution in [3.8, 4) is 0 Å². The van der Waals surface area contributed by atoms with E-state index in [-0.39, 0.29) is 28.4 Å².